The molecule has 0 bridgehead atoms. The van der Waals surface area contributed by atoms with E-state index in [1.54, 1.807) is 0 Å². The molecule has 1 fully saturated rings. The monoisotopic (exact) mass is 220 g/mol. The molecule has 5 atom stereocenters. The molecule has 1 aliphatic rings. The summed E-state index contributed by atoms with van der Waals surface area (Å²) in [6.45, 7) is 6.81. The van der Waals surface area contributed by atoms with Crippen molar-refractivity contribution in [3.63, 3.8) is 0 Å². The van der Waals surface area contributed by atoms with Crippen LogP contribution >= 0.6 is 0 Å². The first-order valence-corrected chi connectivity index (χ1v) is 5.15. The third-order valence-electron chi connectivity index (χ3n) is 2.25. The van der Waals surface area contributed by atoms with Gasteiger partial charge in [-0.3, -0.25) is 4.79 Å². The van der Waals surface area contributed by atoms with Crippen molar-refractivity contribution in [3.8, 4) is 0 Å². The molecule has 1 aliphatic heterocycles. The summed E-state index contributed by atoms with van der Waals surface area (Å²) in [5.41, 5.74) is 0. The standard InChI is InChI=1S/C8H14O5.C2H6/c1-3(9)8-7(12)6(11)5(10)4(2)13-8;1-2/h4-8,10-12H,1-2H3;1-2H3/t4-,5-,6+,7-,8+;/m0./s1. The highest BCUT2D eigenvalue weighted by Crippen LogP contribution is 2.21. The van der Waals surface area contributed by atoms with Crippen molar-refractivity contribution in [2.45, 2.75) is 58.2 Å². The van der Waals surface area contributed by atoms with Gasteiger partial charge in [-0.25, -0.2) is 0 Å². The molecule has 1 rings (SSSR count). The molecule has 5 heteroatoms. The molecule has 0 aromatic heterocycles. The SMILES string of the molecule is CC.CC(=O)[C@H]1O[C@@H](C)[C@H](O)[C@@H](O)[C@@H]1O. The Kier molecular flexibility index (Phi) is 5.97. The number of aliphatic hydroxyl groups excluding tert-OH is 3. The lowest BCUT2D eigenvalue weighted by Gasteiger charge is -2.38. The van der Waals surface area contributed by atoms with Gasteiger partial charge in [0, 0.05) is 0 Å². The smallest absolute Gasteiger partial charge is 0.161 e. The van der Waals surface area contributed by atoms with Crippen LogP contribution in [0.4, 0.5) is 0 Å². The van der Waals surface area contributed by atoms with E-state index in [9.17, 15) is 20.1 Å². The molecule has 90 valence electrons. The van der Waals surface area contributed by atoms with Crippen LogP contribution in [0.5, 0.6) is 0 Å². The van der Waals surface area contributed by atoms with Crippen molar-refractivity contribution in [2.75, 3.05) is 0 Å². The Balaban J connectivity index is 0.000000921. The van der Waals surface area contributed by atoms with Crippen LogP contribution < -0.4 is 0 Å². The maximum atomic E-state index is 10.9. The predicted octanol–water partition coefficient (Wildman–Crippen LogP) is -0.528. The Morgan fingerprint density at radius 3 is 1.93 bits per heavy atom. The second-order valence-electron chi connectivity index (χ2n) is 3.34. The predicted molar refractivity (Wildman–Crippen MR) is 54.4 cm³/mol. The van der Waals surface area contributed by atoms with Gasteiger partial charge in [-0.05, 0) is 13.8 Å². The highest BCUT2D eigenvalue weighted by Gasteiger charge is 2.43. The molecule has 0 aromatic carbocycles. The second kappa shape index (κ2) is 6.17. The van der Waals surface area contributed by atoms with Crippen LogP contribution in [0.3, 0.4) is 0 Å². The van der Waals surface area contributed by atoms with Crippen LogP contribution in [0.25, 0.3) is 0 Å². The molecule has 1 heterocycles. The lowest BCUT2D eigenvalue weighted by Crippen LogP contribution is -2.58. The van der Waals surface area contributed by atoms with Crippen LogP contribution in [0, 0.1) is 0 Å². The minimum Gasteiger partial charge on any atom is -0.388 e. The molecule has 3 N–H and O–H groups in total. The van der Waals surface area contributed by atoms with E-state index in [1.165, 1.54) is 13.8 Å². The largest absolute Gasteiger partial charge is 0.388 e. The Morgan fingerprint density at radius 1 is 1.07 bits per heavy atom. The molecule has 5 nitrogen and oxygen atoms in total. The topological polar surface area (TPSA) is 87.0 Å². The van der Waals surface area contributed by atoms with E-state index in [2.05, 4.69) is 0 Å². The summed E-state index contributed by atoms with van der Waals surface area (Å²) in [7, 11) is 0. The van der Waals surface area contributed by atoms with Gasteiger partial charge >= 0.3 is 0 Å². The van der Waals surface area contributed by atoms with Crippen LogP contribution in [-0.4, -0.2) is 51.6 Å². The minimum absolute atomic E-state index is 0.356. The summed E-state index contributed by atoms with van der Waals surface area (Å²) in [6, 6.07) is 0. The summed E-state index contributed by atoms with van der Waals surface area (Å²) in [5.74, 6) is -0.356. The maximum absolute atomic E-state index is 10.9. The van der Waals surface area contributed by atoms with E-state index >= 15 is 0 Å². The number of hydrogen-bond donors (Lipinski definition) is 3. The maximum Gasteiger partial charge on any atom is 0.161 e. The summed E-state index contributed by atoms with van der Waals surface area (Å²) >= 11 is 0. The third kappa shape index (κ3) is 3.24. The highest BCUT2D eigenvalue weighted by atomic mass is 16.5. The van der Waals surface area contributed by atoms with E-state index in [0.717, 1.165) is 0 Å². The van der Waals surface area contributed by atoms with Crippen LogP contribution in [-0.2, 0) is 9.53 Å². The summed E-state index contributed by atoms with van der Waals surface area (Å²) in [6.07, 6.45) is -5.49. The third-order valence-corrected chi connectivity index (χ3v) is 2.25. The normalized spacial score (nSPS) is 40.3. The van der Waals surface area contributed by atoms with E-state index < -0.39 is 30.5 Å². The van der Waals surface area contributed by atoms with Gasteiger partial charge in [-0.1, -0.05) is 13.8 Å². The van der Waals surface area contributed by atoms with Crippen molar-refractivity contribution < 1.29 is 24.9 Å². The Hall–Kier alpha value is -0.490. The molecular formula is C10H20O5. The number of aliphatic hydroxyl groups is 3. The molecule has 0 aliphatic carbocycles. The first kappa shape index (κ1) is 14.5. The molecule has 1 saturated heterocycles. The minimum atomic E-state index is -1.34. The number of ketones is 1. The molecular weight excluding hydrogens is 200 g/mol. The zero-order valence-electron chi connectivity index (χ0n) is 9.54. The van der Waals surface area contributed by atoms with Gasteiger partial charge in [0.15, 0.2) is 5.78 Å². The zero-order valence-corrected chi connectivity index (χ0v) is 9.54. The number of ether oxygens (including phenoxy) is 1. The zero-order chi connectivity index (χ0) is 12.2. The average molecular weight is 220 g/mol. The first-order valence-electron chi connectivity index (χ1n) is 5.15. The van der Waals surface area contributed by atoms with Crippen molar-refractivity contribution in [2.24, 2.45) is 0 Å². The van der Waals surface area contributed by atoms with E-state index in [1.807, 2.05) is 13.8 Å². The average Bonchev–Trinajstić information content (AvgIpc) is 2.23. The van der Waals surface area contributed by atoms with Crippen molar-refractivity contribution in [1.29, 1.82) is 0 Å². The van der Waals surface area contributed by atoms with Crippen molar-refractivity contribution >= 4 is 5.78 Å². The lowest BCUT2D eigenvalue weighted by molar-refractivity contribution is -0.214. The van der Waals surface area contributed by atoms with Crippen molar-refractivity contribution in [1.82, 2.24) is 0 Å². The Morgan fingerprint density at radius 2 is 1.53 bits per heavy atom. The molecule has 0 saturated carbocycles. The first-order chi connectivity index (χ1) is 6.95. The van der Waals surface area contributed by atoms with Crippen LogP contribution in [0.1, 0.15) is 27.7 Å². The number of hydrogen-bond acceptors (Lipinski definition) is 5. The van der Waals surface area contributed by atoms with Gasteiger partial charge in [0.1, 0.15) is 24.4 Å². The van der Waals surface area contributed by atoms with Crippen LogP contribution in [0.2, 0.25) is 0 Å². The number of carbonyl (C=O) groups is 1. The van der Waals surface area contributed by atoms with Gasteiger partial charge in [0.25, 0.3) is 0 Å². The molecule has 0 spiro atoms. The van der Waals surface area contributed by atoms with Gasteiger partial charge < -0.3 is 20.1 Å². The lowest BCUT2D eigenvalue weighted by atomic mass is 9.94. The second-order valence-corrected chi connectivity index (χ2v) is 3.34. The number of carbonyl (C=O) groups excluding carboxylic acids is 1. The quantitative estimate of drug-likeness (QED) is 0.553. The van der Waals surface area contributed by atoms with Crippen LogP contribution in [0.15, 0.2) is 0 Å². The highest BCUT2D eigenvalue weighted by molar-refractivity contribution is 5.81. The number of Topliss-reactive ketones (excluding diaryl/α,β-unsaturated/α-hetero) is 1. The fraction of sp³-hybridized carbons (Fsp3) is 0.900. The summed E-state index contributed by atoms with van der Waals surface area (Å²) < 4.78 is 5.03. The van der Waals surface area contributed by atoms with Gasteiger partial charge in [-0.15, -0.1) is 0 Å². The van der Waals surface area contributed by atoms with Gasteiger partial charge in [-0.2, -0.15) is 0 Å². The molecule has 0 radical (unpaired) electrons. The van der Waals surface area contributed by atoms with Crippen molar-refractivity contribution in [3.05, 3.63) is 0 Å². The van der Waals surface area contributed by atoms with Gasteiger partial charge in [0.2, 0.25) is 0 Å². The number of rotatable bonds is 1. The summed E-state index contributed by atoms with van der Waals surface area (Å²) in [5, 5.41) is 27.9. The molecule has 0 aromatic rings. The Labute approximate surface area is 89.7 Å². The van der Waals surface area contributed by atoms with E-state index in [0.29, 0.717) is 0 Å². The fourth-order valence-electron chi connectivity index (χ4n) is 1.39. The fourth-order valence-corrected chi connectivity index (χ4v) is 1.39. The summed E-state index contributed by atoms with van der Waals surface area (Å²) in [4.78, 5) is 10.9. The Bertz CT molecular complexity index is 206. The molecule has 0 unspecified atom stereocenters. The van der Waals surface area contributed by atoms with Gasteiger partial charge in [0.05, 0.1) is 6.10 Å². The van der Waals surface area contributed by atoms with E-state index in [-0.39, 0.29) is 5.78 Å². The van der Waals surface area contributed by atoms with E-state index in [4.69, 9.17) is 4.74 Å². The molecule has 0 amide bonds. The molecule has 15 heavy (non-hydrogen) atoms.